The summed E-state index contributed by atoms with van der Waals surface area (Å²) in [6, 6.07) is -0.569. The van der Waals surface area contributed by atoms with Crippen molar-refractivity contribution in [2.24, 2.45) is 5.92 Å². The first kappa shape index (κ1) is 23.5. The van der Waals surface area contributed by atoms with E-state index in [1.165, 1.54) is 7.11 Å². The van der Waals surface area contributed by atoms with E-state index in [4.69, 9.17) is 13.9 Å². The lowest BCUT2D eigenvalue weighted by molar-refractivity contribution is 0.0478. The molecule has 0 spiro atoms. The smallest absolute Gasteiger partial charge is 0.408 e. The third-order valence-corrected chi connectivity index (χ3v) is 3.93. The van der Waals surface area contributed by atoms with Gasteiger partial charge in [0, 0.05) is 5.92 Å². The second-order valence-corrected chi connectivity index (χ2v) is 7.87. The lowest BCUT2D eigenvalue weighted by Gasteiger charge is -2.24. The van der Waals surface area contributed by atoms with Gasteiger partial charge in [-0.1, -0.05) is 26.0 Å². The number of rotatable bonds is 9. The van der Waals surface area contributed by atoms with Gasteiger partial charge in [0.1, 0.15) is 17.4 Å². The first-order chi connectivity index (χ1) is 13.0. The topological polar surface area (TPSA) is 90.7 Å². The zero-order valence-electron chi connectivity index (χ0n) is 17.7. The van der Waals surface area contributed by atoms with Gasteiger partial charge < -0.3 is 19.2 Å². The molecule has 1 aromatic rings. The van der Waals surface area contributed by atoms with Crippen molar-refractivity contribution in [3.8, 4) is 0 Å². The van der Waals surface area contributed by atoms with Crippen molar-refractivity contribution < 1.29 is 23.5 Å². The number of nitrogens with one attached hydrogen (secondary N) is 1. The summed E-state index contributed by atoms with van der Waals surface area (Å²) in [6.45, 7) is 16.7. The lowest BCUT2D eigenvalue weighted by Crippen LogP contribution is -2.37. The van der Waals surface area contributed by atoms with Crippen molar-refractivity contribution in [1.82, 2.24) is 10.3 Å². The summed E-state index contributed by atoms with van der Waals surface area (Å²) < 4.78 is 16.2. The van der Waals surface area contributed by atoms with E-state index < -0.39 is 23.7 Å². The van der Waals surface area contributed by atoms with Crippen molar-refractivity contribution in [3.05, 3.63) is 42.7 Å². The van der Waals surface area contributed by atoms with Crippen molar-refractivity contribution in [2.45, 2.75) is 65.0 Å². The quantitative estimate of drug-likeness (QED) is 0.474. The van der Waals surface area contributed by atoms with E-state index in [-0.39, 0.29) is 23.4 Å². The standard InChI is InChI=1S/C21H32N2O5/c1-9-11-14(12-10-2)17-16(19(24)26-8)22-18(27-17)15(13(3)4)23-20(25)28-21(5,6)7/h9-10,13-15H,1-2,11-12H2,3-8H3,(H,23,25). The number of alkyl carbamates (subject to hydrolysis) is 1. The first-order valence-electron chi connectivity index (χ1n) is 9.34. The average molecular weight is 392 g/mol. The van der Waals surface area contributed by atoms with E-state index in [9.17, 15) is 9.59 Å². The molecule has 1 heterocycles. The van der Waals surface area contributed by atoms with Crippen molar-refractivity contribution in [2.75, 3.05) is 7.11 Å². The van der Waals surface area contributed by atoms with Crippen LogP contribution >= 0.6 is 0 Å². The number of amides is 1. The van der Waals surface area contributed by atoms with Crippen LogP contribution < -0.4 is 5.32 Å². The molecule has 0 fully saturated rings. The molecule has 0 saturated heterocycles. The Morgan fingerprint density at radius 2 is 1.79 bits per heavy atom. The Morgan fingerprint density at radius 3 is 2.21 bits per heavy atom. The number of ether oxygens (including phenoxy) is 2. The zero-order chi connectivity index (χ0) is 21.5. The molecule has 1 aromatic heterocycles. The predicted molar refractivity (Wildman–Crippen MR) is 107 cm³/mol. The highest BCUT2D eigenvalue weighted by Crippen LogP contribution is 2.32. The largest absolute Gasteiger partial charge is 0.464 e. The van der Waals surface area contributed by atoms with Crippen LogP contribution in [-0.4, -0.2) is 29.8 Å². The Hall–Kier alpha value is -2.57. The summed E-state index contributed by atoms with van der Waals surface area (Å²) >= 11 is 0. The molecule has 7 nitrogen and oxygen atoms in total. The normalized spacial score (nSPS) is 12.6. The van der Waals surface area contributed by atoms with Gasteiger partial charge in [0.05, 0.1) is 7.11 Å². The molecule has 7 heteroatoms. The molecule has 1 N–H and O–H groups in total. The van der Waals surface area contributed by atoms with Crippen molar-refractivity contribution in [1.29, 1.82) is 0 Å². The Kier molecular flexibility index (Phi) is 8.47. The molecule has 0 aliphatic carbocycles. The summed E-state index contributed by atoms with van der Waals surface area (Å²) in [6.07, 6.45) is 4.07. The molecule has 1 unspecified atom stereocenters. The van der Waals surface area contributed by atoms with Gasteiger partial charge >= 0.3 is 12.1 Å². The molecule has 28 heavy (non-hydrogen) atoms. The van der Waals surface area contributed by atoms with Crippen molar-refractivity contribution >= 4 is 12.1 Å². The van der Waals surface area contributed by atoms with Crippen molar-refractivity contribution in [3.63, 3.8) is 0 Å². The molecular formula is C21H32N2O5. The van der Waals surface area contributed by atoms with E-state index in [1.54, 1.807) is 32.9 Å². The number of carbonyl (C=O) groups excluding carboxylic acids is 2. The van der Waals surface area contributed by atoms with Gasteiger partial charge in [0.2, 0.25) is 5.89 Å². The maximum atomic E-state index is 12.3. The van der Waals surface area contributed by atoms with Crippen LogP contribution in [-0.2, 0) is 9.47 Å². The summed E-state index contributed by atoms with van der Waals surface area (Å²) in [7, 11) is 1.29. The molecule has 0 radical (unpaired) electrons. The van der Waals surface area contributed by atoms with Gasteiger partial charge in [-0.25, -0.2) is 14.6 Å². The van der Waals surface area contributed by atoms with E-state index in [0.717, 1.165) is 0 Å². The summed E-state index contributed by atoms with van der Waals surface area (Å²) in [5.41, 5.74) is -0.536. The van der Waals surface area contributed by atoms with Gasteiger partial charge in [-0.05, 0) is 39.5 Å². The second-order valence-electron chi connectivity index (χ2n) is 7.87. The number of allylic oxidation sites excluding steroid dienone is 2. The molecule has 0 aliphatic rings. The predicted octanol–water partition coefficient (Wildman–Crippen LogP) is 4.92. The number of aromatic nitrogens is 1. The fraction of sp³-hybridized carbons (Fsp3) is 0.571. The third-order valence-electron chi connectivity index (χ3n) is 3.93. The number of hydrogen-bond acceptors (Lipinski definition) is 6. The molecule has 0 aromatic carbocycles. The Bertz CT molecular complexity index is 690. The molecule has 0 saturated carbocycles. The maximum Gasteiger partial charge on any atom is 0.408 e. The van der Waals surface area contributed by atoms with Crippen LogP contribution in [0.25, 0.3) is 0 Å². The van der Waals surface area contributed by atoms with E-state index in [2.05, 4.69) is 23.5 Å². The van der Waals surface area contributed by atoms with Crippen LogP contribution in [0.4, 0.5) is 4.79 Å². The van der Waals surface area contributed by atoms with Gasteiger partial charge in [-0.3, -0.25) is 0 Å². The molecule has 1 rings (SSSR count). The highest BCUT2D eigenvalue weighted by Gasteiger charge is 2.32. The van der Waals surface area contributed by atoms with E-state index in [1.807, 2.05) is 13.8 Å². The minimum absolute atomic E-state index is 0.0539. The number of methoxy groups -OCH3 is 1. The minimum atomic E-state index is -0.635. The Labute approximate surface area is 167 Å². The summed E-state index contributed by atoms with van der Waals surface area (Å²) in [5.74, 6) is -0.169. The molecule has 1 amide bonds. The number of esters is 1. The maximum absolute atomic E-state index is 12.3. The first-order valence-corrected chi connectivity index (χ1v) is 9.34. The van der Waals surface area contributed by atoms with E-state index >= 15 is 0 Å². The van der Waals surface area contributed by atoms with E-state index in [0.29, 0.717) is 18.6 Å². The van der Waals surface area contributed by atoms with Crippen LogP contribution in [0.1, 0.15) is 81.6 Å². The zero-order valence-corrected chi connectivity index (χ0v) is 17.7. The molecule has 0 aliphatic heterocycles. The van der Waals surface area contributed by atoms with Crippen LogP contribution in [0.5, 0.6) is 0 Å². The fourth-order valence-electron chi connectivity index (χ4n) is 2.66. The highest BCUT2D eigenvalue weighted by molar-refractivity contribution is 5.88. The summed E-state index contributed by atoms with van der Waals surface area (Å²) in [4.78, 5) is 28.9. The Balaban J connectivity index is 3.31. The third kappa shape index (κ3) is 6.55. The molecule has 0 bridgehead atoms. The lowest BCUT2D eigenvalue weighted by atomic mass is 9.97. The van der Waals surface area contributed by atoms with Gasteiger partial charge in [-0.2, -0.15) is 0 Å². The van der Waals surface area contributed by atoms with Crippen LogP contribution in [0.15, 0.2) is 29.7 Å². The fourth-order valence-corrected chi connectivity index (χ4v) is 2.66. The number of carbonyl (C=O) groups is 2. The average Bonchev–Trinajstić information content (AvgIpc) is 3.01. The van der Waals surface area contributed by atoms with Crippen LogP contribution in [0.3, 0.4) is 0 Å². The van der Waals surface area contributed by atoms with Gasteiger partial charge in [-0.15, -0.1) is 13.2 Å². The Morgan fingerprint density at radius 1 is 1.21 bits per heavy atom. The molecule has 156 valence electrons. The SMILES string of the molecule is C=CCC(CC=C)c1oc(C(NC(=O)OC(C)(C)C)C(C)C)nc1C(=O)OC. The van der Waals surface area contributed by atoms with Crippen LogP contribution in [0, 0.1) is 5.92 Å². The summed E-state index contributed by atoms with van der Waals surface area (Å²) in [5, 5.41) is 2.78. The molecular weight excluding hydrogens is 360 g/mol. The number of oxazole rings is 1. The van der Waals surface area contributed by atoms with Gasteiger partial charge in [0.25, 0.3) is 0 Å². The minimum Gasteiger partial charge on any atom is -0.464 e. The van der Waals surface area contributed by atoms with Crippen LogP contribution in [0.2, 0.25) is 0 Å². The monoisotopic (exact) mass is 392 g/mol. The highest BCUT2D eigenvalue weighted by atomic mass is 16.6. The molecule has 1 atom stereocenters. The van der Waals surface area contributed by atoms with Gasteiger partial charge in [0.15, 0.2) is 5.69 Å². The second kappa shape index (κ2) is 10.1. The number of nitrogens with zero attached hydrogens (tertiary/aromatic N) is 1. The number of hydrogen-bond donors (Lipinski definition) is 1.